The smallest absolute Gasteiger partial charge is 0.416 e. The second kappa shape index (κ2) is 6.89. The molecule has 0 aliphatic carbocycles. The Hall–Kier alpha value is -2.25. The lowest BCUT2D eigenvalue weighted by Gasteiger charge is -2.32. The Balaban J connectivity index is 2.00. The van der Waals surface area contributed by atoms with E-state index in [1.54, 1.807) is 0 Å². The van der Waals surface area contributed by atoms with Crippen LogP contribution in [0.2, 0.25) is 0 Å². The number of rotatable bonds is 4. The van der Waals surface area contributed by atoms with Crippen molar-refractivity contribution in [3.8, 4) is 5.75 Å². The van der Waals surface area contributed by atoms with E-state index in [0.29, 0.717) is 19.4 Å². The molecule has 1 saturated heterocycles. The number of alkyl halides is 3. The Bertz CT molecular complexity index is 588. The number of aliphatic carboxylic acids is 1. The van der Waals surface area contributed by atoms with Gasteiger partial charge in [0.2, 0.25) is 0 Å². The predicted octanol–water partition coefficient (Wildman–Crippen LogP) is 2.55. The zero-order chi connectivity index (χ0) is 17.0. The molecule has 1 aromatic rings. The van der Waals surface area contributed by atoms with Gasteiger partial charge >= 0.3 is 12.1 Å². The maximum atomic E-state index is 12.6. The highest BCUT2D eigenvalue weighted by Crippen LogP contribution is 2.31. The Morgan fingerprint density at radius 3 is 2.70 bits per heavy atom. The molecule has 0 radical (unpaired) electrons. The van der Waals surface area contributed by atoms with Gasteiger partial charge in [-0.05, 0) is 37.5 Å². The summed E-state index contributed by atoms with van der Waals surface area (Å²) in [4.78, 5) is 24.4. The van der Waals surface area contributed by atoms with Crippen LogP contribution in [0.15, 0.2) is 24.3 Å². The quantitative estimate of drug-likeness (QED) is 0.921. The third-order valence-corrected chi connectivity index (χ3v) is 3.63. The van der Waals surface area contributed by atoms with Gasteiger partial charge in [-0.3, -0.25) is 4.79 Å². The maximum absolute atomic E-state index is 12.6. The van der Waals surface area contributed by atoms with Crippen molar-refractivity contribution >= 4 is 11.9 Å². The number of hydrogen-bond donors (Lipinski definition) is 1. The molecule has 0 bridgehead atoms. The fourth-order valence-electron chi connectivity index (χ4n) is 2.48. The number of amides is 1. The standard InChI is InChI=1S/C15H16F3NO4/c16-15(17,18)10-4-3-5-11(8-10)23-9-13(20)19-7-2-1-6-12(19)14(21)22/h3-5,8,12H,1-2,6-7,9H2,(H,21,22). The molecule has 1 aliphatic heterocycles. The SMILES string of the molecule is O=C(O)C1CCCCN1C(=O)COc1cccc(C(F)(F)F)c1. The van der Waals surface area contributed by atoms with Gasteiger partial charge in [-0.15, -0.1) is 0 Å². The normalized spacial score (nSPS) is 18.6. The van der Waals surface area contributed by atoms with Gasteiger partial charge in [0, 0.05) is 6.54 Å². The number of piperidine rings is 1. The number of carbonyl (C=O) groups excluding carboxylic acids is 1. The highest BCUT2D eigenvalue weighted by Gasteiger charge is 2.33. The lowest BCUT2D eigenvalue weighted by molar-refractivity contribution is -0.152. The summed E-state index contributed by atoms with van der Waals surface area (Å²) in [7, 11) is 0. The maximum Gasteiger partial charge on any atom is 0.416 e. The van der Waals surface area contributed by atoms with E-state index in [-0.39, 0.29) is 5.75 Å². The summed E-state index contributed by atoms with van der Waals surface area (Å²) < 4.78 is 42.9. The molecule has 1 amide bonds. The van der Waals surface area contributed by atoms with Gasteiger partial charge in [0.1, 0.15) is 11.8 Å². The zero-order valence-electron chi connectivity index (χ0n) is 12.2. The van der Waals surface area contributed by atoms with Crippen LogP contribution in [0.4, 0.5) is 13.2 Å². The molecule has 1 fully saturated rings. The number of carboxylic acids is 1. The first-order valence-electron chi connectivity index (χ1n) is 7.11. The van der Waals surface area contributed by atoms with E-state index in [4.69, 9.17) is 9.84 Å². The van der Waals surface area contributed by atoms with Gasteiger partial charge in [0.25, 0.3) is 5.91 Å². The molecular weight excluding hydrogens is 315 g/mol. The lowest BCUT2D eigenvalue weighted by Crippen LogP contribution is -2.49. The summed E-state index contributed by atoms with van der Waals surface area (Å²) in [6, 6.07) is 3.30. The van der Waals surface area contributed by atoms with Crippen molar-refractivity contribution < 1.29 is 32.6 Å². The molecule has 0 aromatic heterocycles. The minimum atomic E-state index is -4.50. The van der Waals surface area contributed by atoms with Crippen molar-refractivity contribution in [1.29, 1.82) is 0 Å². The second-order valence-electron chi connectivity index (χ2n) is 5.25. The number of halogens is 3. The molecule has 1 aromatic carbocycles. The molecule has 23 heavy (non-hydrogen) atoms. The minimum Gasteiger partial charge on any atom is -0.484 e. The molecule has 1 unspecified atom stereocenters. The van der Waals surface area contributed by atoms with Crippen molar-refractivity contribution in [3.05, 3.63) is 29.8 Å². The third-order valence-electron chi connectivity index (χ3n) is 3.63. The van der Waals surface area contributed by atoms with Crippen molar-refractivity contribution in [2.75, 3.05) is 13.2 Å². The first-order chi connectivity index (χ1) is 10.8. The van der Waals surface area contributed by atoms with Crippen LogP contribution in [0.5, 0.6) is 5.75 Å². The predicted molar refractivity (Wildman–Crippen MR) is 73.9 cm³/mol. The highest BCUT2D eigenvalue weighted by molar-refractivity contribution is 5.84. The van der Waals surface area contributed by atoms with Crippen molar-refractivity contribution in [2.24, 2.45) is 0 Å². The van der Waals surface area contributed by atoms with Crippen LogP contribution in [0.1, 0.15) is 24.8 Å². The molecule has 0 saturated carbocycles. The van der Waals surface area contributed by atoms with Crippen LogP contribution in [0, 0.1) is 0 Å². The summed E-state index contributed by atoms with van der Waals surface area (Å²) in [5, 5.41) is 9.11. The average Bonchev–Trinajstić information content (AvgIpc) is 2.52. The Morgan fingerprint density at radius 1 is 1.30 bits per heavy atom. The number of hydrogen-bond acceptors (Lipinski definition) is 3. The fraction of sp³-hybridized carbons (Fsp3) is 0.467. The summed E-state index contributed by atoms with van der Waals surface area (Å²) in [6.45, 7) is -0.188. The molecule has 1 atom stereocenters. The molecule has 0 spiro atoms. The van der Waals surface area contributed by atoms with Crippen molar-refractivity contribution in [3.63, 3.8) is 0 Å². The van der Waals surface area contributed by atoms with E-state index in [1.165, 1.54) is 17.0 Å². The molecular formula is C15H16F3NO4. The molecule has 2 rings (SSSR count). The van der Waals surface area contributed by atoms with Gasteiger partial charge in [0.15, 0.2) is 6.61 Å². The topological polar surface area (TPSA) is 66.8 Å². The summed E-state index contributed by atoms with van der Waals surface area (Å²) >= 11 is 0. The minimum absolute atomic E-state index is 0.0861. The number of likely N-dealkylation sites (tertiary alicyclic amines) is 1. The molecule has 126 valence electrons. The lowest BCUT2D eigenvalue weighted by atomic mass is 10.0. The van der Waals surface area contributed by atoms with E-state index < -0.39 is 36.3 Å². The van der Waals surface area contributed by atoms with Crippen molar-refractivity contribution in [2.45, 2.75) is 31.5 Å². The van der Waals surface area contributed by atoms with Gasteiger partial charge < -0.3 is 14.7 Å². The second-order valence-corrected chi connectivity index (χ2v) is 5.25. The van der Waals surface area contributed by atoms with E-state index in [9.17, 15) is 22.8 Å². The first kappa shape index (κ1) is 17.1. The number of ether oxygens (including phenoxy) is 1. The first-order valence-corrected chi connectivity index (χ1v) is 7.11. The monoisotopic (exact) mass is 331 g/mol. The van der Waals surface area contributed by atoms with Crippen molar-refractivity contribution in [1.82, 2.24) is 4.90 Å². The molecule has 1 heterocycles. The number of carbonyl (C=O) groups is 2. The van der Waals surface area contributed by atoms with Gasteiger partial charge in [0.05, 0.1) is 5.56 Å². The number of benzene rings is 1. The van der Waals surface area contributed by atoms with Gasteiger partial charge in [-0.1, -0.05) is 6.07 Å². The molecule has 8 heteroatoms. The van der Waals surface area contributed by atoms with Crippen LogP contribution in [0.3, 0.4) is 0 Å². The van der Waals surface area contributed by atoms with Crippen LogP contribution >= 0.6 is 0 Å². The van der Waals surface area contributed by atoms with E-state index in [2.05, 4.69) is 0 Å². The number of carboxylic acid groups (broad SMARTS) is 1. The van der Waals surface area contributed by atoms with E-state index in [1.807, 2.05) is 0 Å². The molecule has 1 aliphatic rings. The average molecular weight is 331 g/mol. The van der Waals surface area contributed by atoms with Gasteiger partial charge in [-0.25, -0.2) is 4.79 Å². The van der Waals surface area contributed by atoms with Crippen LogP contribution in [-0.2, 0) is 15.8 Å². The fourth-order valence-corrected chi connectivity index (χ4v) is 2.48. The Morgan fingerprint density at radius 2 is 2.04 bits per heavy atom. The van der Waals surface area contributed by atoms with E-state index in [0.717, 1.165) is 18.6 Å². The summed E-state index contributed by atoms with van der Waals surface area (Å²) in [6.07, 6.45) is -2.72. The van der Waals surface area contributed by atoms with E-state index >= 15 is 0 Å². The largest absolute Gasteiger partial charge is 0.484 e. The number of nitrogens with zero attached hydrogens (tertiary/aromatic N) is 1. The molecule has 1 N–H and O–H groups in total. The highest BCUT2D eigenvalue weighted by atomic mass is 19.4. The van der Waals surface area contributed by atoms with Crippen LogP contribution < -0.4 is 4.74 Å². The molecule has 5 nitrogen and oxygen atoms in total. The van der Waals surface area contributed by atoms with Crippen LogP contribution in [-0.4, -0.2) is 41.1 Å². The Kier molecular flexibility index (Phi) is 5.12. The summed E-state index contributed by atoms with van der Waals surface area (Å²) in [5.74, 6) is -1.72. The van der Waals surface area contributed by atoms with Crippen LogP contribution in [0.25, 0.3) is 0 Å². The summed E-state index contributed by atoms with van der Waals surface area (Å²) in [5.41, 5.74) is -0.871. The zero-order valence-corrected chi connectivity index (χ0v) is 12.2. The third kappa shape index (κ3) is 4.37. The van der Waals surface area contributed by atoms with Gasteiger partial charge in [-0.2, -0.15) is 13.2 Å². The Labute approximate surface area is 130 Å².